The summed E-state index contributed by atoms with van der Waals surface area (Å²) in [6, 6.07) is 14.3. The maximum atomic E-state index is 12.8. The number of nitro benzene ring substituents is 1. The molecule has 0 bridgehead atoms. The van der Waals surface area contributed by atoms with Crippen LogP contribution in [0.3, 0.4) is 0 Å². The van der Waals surface area contributed by atoms with Gasteiger partial charge in [-0.3, -0.25) is 19.7 Å². The van der Waals surface area contributed by atoms with Crippen molar-refractivity contribution in [3.8, 4) is 0 Å². The van der Waals surface area contributed by atoms with E-state index in [2.05, 4.69) is 22.8 Å². The van der Waals surface area contributed by atoms with Gasteiger partial charge in [0.15, 0.2) is 0 Å². The van der Waals surface area contributed by atoms with Crippen molar-refractivity contribution in [2.75, 3.05) is 5.75 Å². The topological polar surface area (TPSA) is 114 Å². The average molecular weight is 471 g/mol. The second-order valence-corrected chi connectivity index (χ2v) is 8.64. The molecule has 8 nitrogen and oxygen atoms in total. The Kier molecular flexibility index (Phi) is 11.1. The molecule has 33 heavy (non-hydrogen) atoms. The number of carbonyl (C=O) groups is 2. The molecule has 2 aromatic carbocycles. The van der Waals surface area contributed by atoms with E-state index in [1.54, 1.807) is 0 Å². The molecule has 1 atom stereocenters. The van der Waals surface area contributed by atoms with Gasteiger partial charge in [-0.25, -0.2) is 5.43 Å². The Labute approximate surface area is 198 Å². The number of hydrazone groups is 1. The molecule has 176 valence electrons. The quantitative estimate of drug-likeness (QED) is 0.191. The van der Waals surface area contributed by atoms with E-state index in [4.69, 9.17) is 0 Å². The molecule has 0 aromatic heterocycles. The van der Waals surface area contributed by atoms with Crippen molar-refractivity contribution in [1.82, 2.24) is 10.7 Å². The lowest BCUT2D eigenvalue weighted by Gasteiger charge is -2.17. The number of unbranched alkanes of at least 4 members (excludes halogenated alkanes) is 2. The molecule has 0 aliphatic rings. The predicted molar refractivity (Wildman–Crippen MR) is 132 cm³/mol. The van der Waals surface area contributed by atoms with Crippen molar-refractivity contribution in [2.24, 2.45) is 5.10 Å². The standard InChI is InChI=1S/C24H30N4O4S/c1-3-4-6-9-18(2)26-27-24(30)22(17-33-16-19-10-7-5-8-11-19)25-23(29)20-12-14-21(15-13-20)28(31)32/h5,7-8,10-15,22H,3-4,6,9,16-17H2,1-2H3,(H,25,29)(H,27,30). The van der Waals surface area contributed by atoms with Crippen molar-refractivity contribution >= 4 is 35.0 Å². The fourth-order valence-corrected chi connectivity index (χ4v) is 3.96. The molecule has 2 amide bonds. The fraction of sp³-hybridized carbons (Fsp3) is 0.375. The molecular weight excluding hydrogens is 440 g/mol. The second kappa shape index (κ2) is 14.1. The van der Waals surface area contributed by atoms with Crippen LogP contribution in [0.5, 0.6) is 0 Å². The highest BCUT2D eigenvalue weighted by Gasteiger charge is 2.22. The molecule has 0 spiro atoms. The largest absolute Gasteiger partial charge is 0.339 e. The van der Waals surface area contributed by atoms with E-state index >= 15 is 0 Å². The van der Waals surface area contributed by atoms with Gasteiger partial charge < -0.3 is 5.32 Å². The lowest BCUT2D eigenvalue weighted by molar-refractivity contribution is -0.384. The van der Waals surface area contributed by atoms with Gasteiger partial charge in [0.05, 0.1) is 4.92 Å². The maximum Gasteiger partial charge on any atom is 0.269 e. The molecule has 0 aliphatic carbocycles. The van der Waals surface area contributed by atoms with Gasteiger partial charge in [-0.1, -0.05) is 50.1 Å². The third kappa shape index (κ3) is 9.44. The van der Waals surface area contributed by atoms with E-state index in [-0.39, 0.29) is 11.3 Å². The summed E-state index contributed by atoms with van der Waals surface area (Å²) in [4.78, 5) is 35.8. The number of thioether (sulfide) groups is 1. The molecule has 2 rings (SSSR count). The second-order valence-electron chi connectivity index (χ2n) is 7.61. The van der Waals surface area contributed by atoms with Crippen molar-refractivity contribution < 1.29 is 14.5 Å². The Hall–Kier alpha value is -3.20. The normalized spacial score (nSPS) is 12.1. The van der Waals surface area contributed by atoms with Gasteiger partial charge in [-0.2, -0.15) is 16.9 Å². The number of nitro groups is 1. The zero-order chi connectivity index (χ0) is 24.1. The highest BCUT2D eigenvalue weighted by Crippen LogP contribution is 2.15. The van der Waals surface area contributed by atoms with Gasteiger partial charge in [0, 0.05) is 34.9 Å². The van der Waals surface area contributed by atoms with E-state index < -0.39 is 22.8 Å². The first-order chi connectivity index (χ1) is 15.9. The van der Waals surface area contributed by atoms with Crippen LogP contribution in [0.2, 0.25) is 0 Å². The number of non-ortho nitro benzene ring substituents is 1. The lowest BCUT2D eigenvalue weighted by Crippen LogP contribution is -2.47. The van der Waals surface area contributed by atoms with Crippen LogP contribution in [0, 0.1) is 10.1 Å². The first-order valence-electron chi connectivity index (χ1n) is 10.9. The van der Waals surface area contributed by atoms with E-state index in [1.165, 1.54) is 36.0 Å². The van der Waals surface area contributed by atoms with E-state index in [0.717, 1.165) is 37.0 Å². The zero-order valence-corrected chi connectivity index (χ0v) is 19.8. The average Bonchev–Trinajstić information content (AvgIpc) is 2.82. The van der Waals surface area contributed by atoms with Gasteiger partial charge in [0.25, 0.3) is 17.5 Å². The Bertz CT molecular complexity index is 949. The molecular formula is C24H30N4O4S. The number of nitrogens with zero attached hydrogens (tertiary/aromatic N) is 2. The van der Waals surface area contributed by atoms with Crippen LogP contribution in [0.1, 0.15) is 55.5 Å². The summed E-state index contributed by atoms with van der Waals surface area (Å²) in [5, 5.41) is 17.7. The van der Waals surface area contributed by atoms with Gasteiger partial charge in [0.1, 0.15) is 6.04 Å². The van der Waals surface area contributed by atoms with E-state index in [1.807, 2.05) is 37.3 Å². The van der Waals surface area contributed by atoms with Crippen LogP contribution >= 0.6 is 11.8 Å². The third-order valence-corrected chi connectivity index (χ3v) is 5.96. The van der Waals surface area contributed by atoms with Gasteiger partial charge in [0.2, 0.25) is 0 Å². The Morgan fingerprint density at radius 2 is 1.79 bits per heavy atom. The molecule has 0 saturated carbocycles. The summed E-state index contributed by atoms with van der Waals surface area (Å²) >= 11 is 1.52. The SMILES string of the molecule is CCCCCC(C)=NNC(=O)C(CSCc1ccccc1)NC(=O)c1ccc([N+](=O)[O-])cc1. The molecule has 1 unspecified atom stereocenters. The van der Waals surface area contributed by atoms with Crippen LogP contribution in [-0.2, 0) is 10.5 Å². The summed E-state index contributed by atoms with van der Waals surface area (Å²) in [7, 11) is 0. The van der Waals surface area contributed by atoms with Crippen LogP contribution < -0.4 is 10.7 Å². The highest BCUT2D eigenvalue weighted by molar-refractivity contribution is 7.98. The van der Waals surface area contributed by atoms with Gasteiger partial charge in [-0.15, -0.1) is 0 Å². The van der Waals surface area contributed by atoms with Crippen molar-refractivity contribution in [1.29, 1.82) is 0 Å². The maximum absolute atomic E-state index is 12.8. The van der Waals surface area contributed by atoms with Gasteiger partial charge >= 0.3 is 0 Å². The van der Waals surface area contributed by atoms with Gasteiger partial charge in [-0.05, 0) is 37.5 Å². The minimum atomic E-state index is -0.811. The van der Waals surface area contributed by atoms with Crippen molar-refractivity contribution in [3.63, 3.8) is 0 Å². The molecule has 2 N–H and O–H groups in total. The van der Waals surface area contributed by atoms with Crippen LogP contribution in [0.25, 0.3) is 0 Å². The Morgan fingerprint density at radius 3 is 2.42 bits per heavy atom. The summed E-state index contributed by atoms with van der Waals surface area (Å²) in [5.74, 6) is 0.163. The number of hydrogen-bond donors (Lipinski definition) is 2. The summed E-state index contributed by atoms with van der Waals surface area (Å²) < 4.78 is 0. The molecule has 0 aliphatic heterocycles. The summed E-state index contributed by atoms with van der Waals surface area (Å²) in [6.07, 6.45) is 4.02. The number of amides is 2. The molecule has 0 radical (unpaired) electrons. The monoisotopic (exact) mass is 470 g/mol. The van der Waals surface area contributed by atoms with Crippen molar-refractivity contribution in [2.45, 2.75) is 51.3 Å². The minimum absolute atomic E-state index is 0.104. The predicted octanol–water partition coefficient (Wildman–Crippen LogP) is 4.70. The zero-order valence-electron chi connectivity index (χ0n) is 19.0. The summed E-state index contributed by atoms with van der Waals surface area (Å²) in [6.45, 7) is 3.99. The Balaban J connectivity index is 2.03. The first kappa shape index (κ1) is 26.1. The number of hydrogen-bond acceptors (Lipinski definition) is 6. The molecule has 0 saturated heterocycles. The molecule has 0 fully saturated rings. The number of benzene rings is 2. The first-order valence-corrected chi connectivity index (χ1v) is 12.1. The fourth-order valence-electron chi connectivity index (χ4n) is 2.94. The Morgan fingerprint density at radius 1 is 1.09 bits per heavy atom. The minimum Gasteiger partial charge on any atom is -0.339 e. The molecule has 0 heterocycles. The number of nitrogens with one attached hydrogen (secondary N) is 2. The van der Waals surface area contributed by atoms with Crippen molar-refractivity contribution in [3.05, 3.63) is 75.8 Å². The van der Waals surface area contributed by atoms with Crippen LogP contribution in [0.4, 0.5) is 5.69 Å². The molecule has 2 aromatic rings. The number of carbonyl (C=O) groups excluding carboxylic acids is 2. The third-order valence-electron chi connectivity index (χ3n) is 4.86. The lowest BCUT2D eigenvalue weighted by atomic mass is 10.1. The van der Waals surface area contributed by atoms with E-state index in [0.29, 0.717) is 11.5 Å². The summed E-state index contributed by atoms with van der Waals surface area (Å²) in [5.41, 5.74) is 4.65. The van der Waals surface area contributed by atoms with Crippen LogP contribution in [-0.4, -0.2) is 34.2 Å². The molecule has 9 heteroatoms. The smallest absolute Gasteiger partial charge is 0.269 e. The number of rotatable bonds is 13. The van der Waals surface area contributed by atoms with Crippen LogP contribution in [0.15, 0.2) is 59.7 Å². The highest BCUT2D eigenvalue weighted by atomic mass is 32.2. The van der Waals surface area contributed by atoms with E-state index in [9.17, 15) is 19.7 Å².